The summed E-state index contributed by atoms with van der Waals surface area (Å²) in [4.78, 5) is 0. The van der Waals surface area contributed by atoms with Gasteiger partial charge in [0.05, 0.1) is 0 Å². The first-order chi connectivity index (χ1) is 5.36. The Hall–Kier alpha value is -0.780. The van der Waals surface area contributed by atoms with E-state index in [1.165, 1.54) is 31.3 Å². The fraction of sp³-hybridized carbons (Fsp3) is 0.455. The van der Waals surface area contributed by atoms with Gasteiger partial charge in [-0.15, -0.1) is 6.58 Å². The molecule has 1 rings (SSSR count). The van der Waals surface area contributed by atoms with Crippen LogP contribution in [0.15, 0.2) is 37.0 Å². The van der Waals surface area contributed by atoms with E-state index in [-0.39, 0.29) is 0 Å². The first-order valence-corrected chi connectivity index (χ1v) is 4.29. The van der Waals surface area contributed by atoms with Gasteiger partial charge >= 0.3 is 0 Å². The lowest BCUT2D eigenvalue weighted by atomic mass is 9.87. The molecule has 0 nitrogen and oxygen atoms in total. The zero-order valence-electron chi connectivity index (χ0n) is 7.05. The van der Waals surface area contributed by atoms with Crippen LogP contribution in [0.2, 0.25) is 0 Å². The molecule has 0 spiro atoms. The van der Waals surface area contributed by atoms with Crippen molar-refractivity contribution in [2.75, 3.05) is 0 Å². The van der Waals surface area contributed by atoms with Crippen molar-refractivity contribution in [1.82, 2.24) is 0 Å². The monoisotopic (exact) mass is 148 g/mol. The molecule has 0 fully saturated rings. The van der Waals surface area contributed by atoms with Gasteiger partial charge in [-0.1, -0.05) is 30.4 Å². The van der Waals surface area contributed by atoms with Crippen LogP contribution < -0.4 is 0 Å². The Morgan fingerprint density at radius 1 is 1.55 bits per heavy atom. The van der Waals surface area contributed by atoms with E-state index >= 15 is 0 Å². The van der Waals surface area contributed by atoms with E-state index in [2.05, 4.69) is 19.2 Å². The first kappa shape index (κ1) is 8.32. The first-order valence-electron chi connectivity index (χ1n) is 4.29. The van der Waals surface area contributed by atoms with E-state index in [1.807, 2.05) is 12.2 Å². The van der Waals surface area contributed by atoms with Gasteiger partial charge < -0.3 is 0 Å². The molecule has 0 heterocycles. The molecular weight excluding hydrogens is 132 g/mol. The van der Waals surface area contributed by atoms with Gasteiger partial charge in [-0.2, -0.15) is 0 Å². The topological polar surface area (TPSA) is 0 Å². The molecule has 0 amide bonds. The second-order valence-electron chi connectivity index (χ2n) is 3.15. The van der Waals surface area contributed by atoms with Gasteiger partial charge in [0.25, 0.3) is 0 Å². The average molecular weight is 148 g/mol. The third kappa shape index (κ3) is 2.38. The summed E-state index contributed by atoms with van der Waals surface area (Å²) < 4.78 is 0. The zero-order chi connectivity index (χ0) is 8.10. The molecular formula is C11H16. The Balaban J connectivity index is 2.40. The minimum absolute atomic E-state index is 0.844. The molecule has 11 heavy (non-hydrogen) atoms. The molecule has 1 aliphatic carbocycles. The van der Waals surface area contributed by atoms with E-state index in [0.717, 1.165) is 5.92 Å². The molecule has 60 valence electrons. The lowest BCUT2D eigenvalue weighted by Gasteiger charge is -2.18. The van der Waals surface area contributed by atoms with E-state index in [1.54, 1.807) is 0 Å². The fourth-order valence-corrected chi connectivity index (χ4v) is 1.54. The number of hydrogen-bond acceptors (Lipinski definition) is 0. The fourth-order valence-electron chi connectivity index (χ4n) is 1.54. The van der Waals surface area contributed by atoms with Gasteiger partial charge in [-0.05, 0) is 31.6 Å². The van der Waals surface area contributed by atoms with Gasteiger partial charge in [0.1, 0.15) is 0 Å². The van der Waals surface area contributed by atoms with Crippen molar-refractivity contribution in [1.29, 1.82) is 0 Å². The van der Waals surface area contributed by atoms with Crippen LogP contribution >= 0.6 is 0 Å². The highest BCUT2D eigenvalue weighted by Crippen LogP contribution is 2.26. The van der Waals surface area contributed by atoms with Crippen molar-refractivity contribution in [3.8, 4) is 0 Å². The van der Waals surface area contributed by atoms with Crippen LogP contribution in [0.5, 0.6) is 0 Å². The van der Waals surface area contributed by atoms with Crippen LogP contribution in [0.4, 0.5) is 0 Å². The Kier molecular flexibility index (Phi) is 3.15. The molecule has 0 aromatic rings. The summed E-state index contributed by atoms with van der Waals surface area (Å²) in [5.41, 5.74) is 1.42. The van der Waals surface area contributed by atoms with Crippen LogP contribution in [0, 0.1) is 5.92 Å². The van der Waals surface area contributed by atoms with Gasteiger partial charge in [0, 0.05) is 0 Å². The molecule has 0 saturated heterocycles. The van der Waals surface area contributed by atoms with Gasteiger partial charge in [0.2, 0.25) is 0 Å². The summed E-state index contributed by atoms with van der Waals surface area (Å²) in [6.45, 7) is 7.52. The van der Waals surface area contributed by atoms with E-state index in [9.17, 15) is 0 Å². The highest BCUT2D eigenvalue weighted by atomic mass is 14.2. The van der Waals surface area contributed by atoms with Gasteiger partial charge in [-0.3, -0.25) is 0 Å². The molecule has 1 aliphatic rings. The van der Waals surface area contributed by atoms with Crippen LogP contribution in [0.3, 0.4) is 0 Å². The Morgan fingerprint density at radius 3 is 2.82 bits per heavy atom. The third-order valence-electron chi connectivity index (χ3n) is 2.32. The highest BCUT2D eigenvalue weighted by molar-refractivity contribution is 5.18. The summed E-state index contributed by atoms with van der Waals surface area (Å²) in [6.07, 6.45) is 11.2. The largest absolute Gasteiger partial charge is 0.103 e. The van der Waals surface area contributed by atoms with Crippen molar-refractivity contribution >= 4 is 0 Å². The van der Waals surface area contributed by atoms with E-state index in [0.29, 0.717) is 0 Å². The molecule has 0 saturated carbocycles. The highest BCUT2D eigenvalue weighted by Gasteiger charge is 2.10. The molecule has 1 unspecified atom stereocenters. The normalized spacial score (nSPS) is 24.0. The molecule has 0 aliphatic heterocycles. The molecule has 0 bridgehead atoms. The molecule has 0 aromatic heterocycles. The maximum absolute atomic E-state index is 3.77. The maximum Gasteiger partial charge on any atom is -0.0279 e. The van der Waals surface area contributed by atoms with Crippen LogP contribution in [-0.4, -0.2) is 0 Å². The molecule has 0 aromatic carbocycles. The van der Waals surface area contributed by atoms with Crippen molar-refractivity contribution in [3.05, 3.63) is 37.0 Å². The Morgan fingerprint density at radius 2 is 2.36 bits per heavy atom. The van der Waals surface area contributed by atoms with Gasteiger partial charge in [-0.25, -0.2) is 0 Å². The van der Waals surface area contributed by atoms with Crippen molar-refractivity contribution in [2.24, 2.45) is 5.92 Å². The van der Waals surface area contributed by atoms with Crippen molar-refractivity contribution in [3.63, 3.8) is 0 Å². The summed E-state index contributed by atoms with van der Waals surface area (Å²) in [5, 5.41) is 0. The minimum Gasteiger partial charge on any atom is -0.103 e. The minimum atomic E-state index is 0.844. The molecule has 0 N–H and O–H groups in total. The van der Waals surface area contributed by atoms with Crippen LogP contribution in [0.25, 0.3) is 0 Å². The molecule has 1 atom stereocenters. The lowest BCUT2D eigenvalue weighted by molar-refractivity contribution is 0.479. The summed E-state index contributed by atoms with van der Waals surface area (Å²) >= 11 is 0. The SMILES string of the molecule is C=CCC1CC=C(C=C)CC1. The second kappa shape index (κ2) is 4.17. The smallest absolute Gasteiger partial charge is 0.0279 e. The van der Waals surface area contributed by atoms with E-state index in [4.69, 9.17) is 0 Å². The van der Waals surface area contributed by atoms with Crippen LogP contribution in [-0.2, 0) is 0 Å². The van der Waals surface area contributed by atoms with Crippen molar-refractivity contribution < 1.29 is 0 Å². The molecule has 0 heteroatoms. The number of hydrogen-bond donors (Lipinski definition) is 0. The Labute approximate surface area is 69.3 Å². The van der Waals surface area contributed by atoms with Crippen molar-refractivity contribution in [2.45, 2.75) is 25.7 Å². The summed E-state index contributed by atoms with van der Waals surface area (Å²) in [7, 11) is 0. The summed E-state index contributed by atoms with van der Waals surface area (Å²) in [5.74, 6) is 0.844. The predicted octanol–water partition coefficient (Wildman–Crippen LogP) is 3.48. The third-order valence-corrected chi connectivity index (χ3v) is 2.32. The Bertz CT molecular complexity index is 174. The predicted molar refractivity (Wildman–Crippen MR) is 50.4 cm³/mol. The standard InChI is InChI=1S/C11H16/c1-3-5-11-8-6-10(4-2)7-9-11/h3-4,6,11H,1-2,5,7-9H2. The number of allylic oxidation sites excluding steroid dienone is 4. The van der Waals surface area contributed by atoms with Crippen LogP contribution in [0.1, 0.15) is 25.7 Å². The maximum atomic E-state index is 3.77. The second-order valence-corrected chi connectivity index (χ2v) is 3.15. The van der Waals surface area contributed by atoms with E-state index < -0.39 is 0 Å². The zero-order valence-corrected chi connectivity index (χ0v) is 7.05. The summed E-state index contributed by atoms with van der Waals surface area (Å²) in [6, 6.07) is 0. The average Bonchev–Trinajstić information content (AvgIpc) is 2.07. The number of rotatable bonds is 3. The quantitative estimate of drug-likeness (QED) is 0.537. The lowest BCUT2D eigenvalue weighted by Crippen LogP contribution is -2.03. The van der Waals surface area contributed by atoms with Gasteiger partial charge in [0.15, 0.2) is 0 Å². The molecule has 0 radical (unpaired) electrons.